The Morgan fingerprint density at radius 2 is 1.78 bits per heavy atom. The summed E-state index contributed by atoms with van der Waals surface area (Å²) in [5.74, 6) is 0.929. The summed E-state index contributed by atoms with van der Waals surface area (Å²) >= 11 is 0. The average Bonchev–Trinajstić information content (AvgIpc) is 3.12. The fraction of sp³-hybridized carbons (Fsp3) is 1.00. The molecule has 0 heterocycles. The fourth-order valence-electron chi connectivity index (χ4n) is 3.49. The minimum atomic E-state index is 0.271. The van der Waals surface area contributed by atoms with E-state index in [-0.39, 0.29) is 5.60 Å². The first-order valence-corrected chi connectivity index (χ1v) is 8.17. The molecule has 0 atom stereocenters. The maximum absolute atomic E-state index is 6.53. The van der Waals surface area contributed by atoms with Crippen molar-refractivity contribution in [1.82, 2.24) is 5.32 Å². The number of rotatable bonds is 6. The monoisotopic (exact) mass is 251 g/mol. The van der Waals surface area contributed by atoms with Gasteiger partial charge in [-0.2, -0.15) is 0 Å². The van der Waals surface area contributed by atoms with E-state index in [1.807, 2.05) is 0 Å². The van der Waals surface area contributed by atoms with Crippen LogP contribution in [0.4, 0.5) is 0 Å². The largest absolute Gasteiger partial charge is 0.372 e. The summed E-state index contributed by atoms with van der Waals surface area (Å²) in [6.07, 6.45) is 14.0. The maximum Gasteiger partial charge on any atom is 0.0698 e. The van der Waals surface area contributed by atoms with E-state index >= 15 is 0 Å². The third-order valence-electron chi connectivity index (χ3n) is 5.24. The molecule has 3 aliphatic rings. The van der Waals surface area contributed by atoms with Crippen LogP contribution in [0.5, 0.6) is 0 Å². The molecule has 0 aliphatic heterocycles. The van der Waals surface area contributed by atoms with Crippen LogP contribution >= 0.6 is 0 Å². The second kappa shape index (κ2) is 5.50. The molecule has 2 heteroatoms. The van der Waals surface area contributed by atoms with Crippen molar-refractivity contribution in [2.45, 2.75) is 88.9 Å². The lowest BCUT2D eigenvalue weighted by atomic mass is 9.76. The molecular weight excluding hydrogens is 222 g/mol. The lowest BCUT2D eigenvalue weighted by Gasteiger charge is -2.45. The van der Waals surface area contributed by atoms with E-state index in [4.69, 9.17) is 4.74 Å². The highest BCUT2D eigenvalue weighted by Gasteiger charge is 2.40. The third kappa shape index (κ3) is 3.27. The second-order valence-corrected chi connectivity index (χ2v) is 7.01. The average molecular weight is 251 g/mol. The first-order chi connectivity index (χ1) is 8.76. The van der Waals surface area contributed by atoms with E-state index in [0.29, 0.717) is 6.10 Å². The zero-order chi connectivity index (χ0) is 12.4. The molecule has 0 amide bonds. The Morgan fingerprint density at radius 3 is 2.33 bits per heavy atom. The zero-order valence-corrected chi connectivity index (χ0v) is 11.9. The molecule has 0 aromatic carbocycles. The van der Waals surface area contributed by atoms with Crippen LogP contribution in [0, 0.1) is 5.92 Å². The van der Waals surface area contributed by atoms with Crippen molar-refractivity contribution in [3.8, 4) is 0 Å². The van der Waals surface area contributed by atoms with E-state index in [1.165, 1.54) is 70.8 Å². The van der Waals surface area contributed by atoms with Crippen LogP contribution in [0.15, 0.2) is 0 Å². The smallest absolute Gasteiger partial charge is 0.0698 e. The predicted molar refractivity (Wildman–Crippen MR) is 74.7 cm³/mol. The van der Waals surface area contributed by atoms with Gasteiger partial charge in [-0.15, -0.1) is 0 Å². The summed E-state index contributed by atoms with van der Waals surface area (Å²) in [5, 5.41) is 3.64. The molecule has 0 saturated heterocycles. The Hall–Kier alpha value is -0.0800. The summed E-state index contributed by atoms with van der Waals surface area (Å²) in [5.41, 5.74) is 0.271. The quantitative estimate of drug-likeness (QED) is 0.778. The maximum atomic E-state index is 6.53. The van der Waals surface area contributed by atoms with Crippen LogP contribution in [0.1, 0.15) is 71.1 Å². The molecule has 3 rings (SSSR count). The van der Waals surface area contributed by atoms with Crippen LogP contribution in [-0.4, -0.2) is 24.3 Å². The molecule has 3 saturated carbocycles. The minimum absolute atomic E-state index is 0.271. The van der Waals surface area contributed by atoms with E-state index in [0.717, 1.165) is 12.0 Å². The number of nitrogens with one attached hydrogen (secondary N) is 1. The van der Waals surface area contributed by atoms with Gasteiger partial charge in [0.1, 0.15) is 0 Å². The van der Waals surface area contributed by atoms with Gasteiger partial charge in [0, 0.05) is 6.04 Å². The number of ether oxygens (including phenoxy) is 1. The van der Waals surface area contributed by atoms with Gasteiger partial charge in [-0.3, -0.25) is 0 Å². The SMILES string of the molecule is CC1CCC(OC2(CCNC3CC3)CCC2)CC1. The van der Waals surface area contributed by atoms with Crippen molar-refractivity contribution < 1.29 is 4.74 Å². The van der Waals surface area contributed by atoms with Crippen LogP contribution < -0.4 is 5.32 Å². The minimum Gasteiger partial charge on any atom is -0.372 e. The molecule has 3 fully saturated rings. The van der Waals surface area contributed by atoms with E-state index in [1.54, 1.807) is 0 Å². The van der Waals surface area contributed by atoms with Crippen LogP contribution in [0.3, 0.4) is 0 Å². The first-order valence-electron chi connectivity index (χ1n) is 8.17. The summed E-state index contributed by atoms with van der Waals surface area (Å²) < 4.78 is 6.53. The van der Waals surface area contributed by atoms with Gasteiger partial charge in [0.25, 0.3) is 0 Å². The molecule has 0 aromatic rings. The van der Waals surface area contributed by atoms with Gasteiger partial charge < -0.3 is 10.1 Å². The Morgan fingerprint density at radius 1 is 1.06 bits per heavy atom. The molecule has 1 N–H and O–H groups in total. The van der Waals surface area contributed by atoms with E-state index in [9.17, 15) is 0 Å². The molecule has 18 heavy (non-hydrogen) atoms. The highest BCUT2D eigenvalue weighted by atomic mass is 16.5. The van der Waals surface area contributed by atoms with Gasteiger partial charge in [0.05, 0.1) is 11.7 Å². The number of hydrogen-bond acceptors (Lipinski definition) is 2. The molecule has 2 nitrogen and oxygen atoms in total. The molecular formula is C16H29NO. The summed E-state index contributed by atoms with van der Waals surface area (Å²) in [6, 6.07) is 0.845. The van der Waals surface area contributed by atoms with Crippen molar-refractivity contribution >= 4 is 0 Å². The highest BCUT2D eigenvalue weighted by molar-refractivity contribution is 4.93. The van der Waals surface area contributed by atoms with Crippen molar-refractivity contribution in [2.24, 2.45) is 5.92 Å². The Kier molecular flexibility index (Phi) is 3.95. The summed E-state index contributed by atoms with van der Waals surface area (Å²) in [6.45, 7) is 3.56. The van der Waals surface area contributed by atoms with E-state index < -0.39 is 0 Å². The third-order valence-corrected chi connectivity index (χ3v) is 5.24. The molecule has 0 aromatic heterocycles. The van der Waals surface area contributed by atoms with Crippen molar-refractivity contribution in [3.63, 3.8) is 0 Å². The lowest BCUT2D eigenvalue weighted by Crippen LogP contribution is -2.46. The predicted octanol–water partition coefficient (Wildman–Crippen LogP) is 3.65. The highest BCUT2D eigenvalue weighted by Crippen LogP contribution is 2.41. The molecule has 0 spiro atoms. The Balaban J connectivity index is 1.42. The van der Waals surface area contributed by atoms with Crippen molar-refractivity contribution in [2.75, 3.05) is 6.54 Å². The molecule has 3 aliphatic carbocycles. The molecule has 0 bridgehead atoms. The van der Waals surface area contributed by atoms with Gasteiger partial charge in [0.15, 0.2) is 0 Å². The summed E-state index contributed by atoms with van der Waals surface area (Å²) in [7, 11) is 0. The van der Waals surface area contributed by atoms with Gasteiger partial charge in [-0.05, 0) is 76.7 Å². The molecule has 0 radical (unpaired) electrons. The van der Waals surface area contributed by atoms with Gasteiger partial charge in [0.2, 0.25) is 0 Å². The first kappa shape index (κ1) is 12.9. The Labute approximate surface area is 112 Å². The van der Waals surface area contributed by atoms with Crippen molar-refractivity contribution in [1.29, 1.82) is 0 Å². The van der Waals surface area contributed by atoms with Gasteiger partial charge in [-0.1, -0.05) is 6.92 Å². The van der Waals surface area contributed by atoms with E-state index in [2.05, 4.69) is 12.2 Å². The van der Waals surface area contributed by atoms with Gasteiger partial charge >= 0.3 is 0 Å². The van der Waals surface area contributed by atoms with Crippen molar-refractivity contribution in [3.05, 3.63) is 0 Å². The normalized spacial score (nSPS) is 35.2. The van der Waals surface area contributed by atoms with Crippen LogP contribution in [0.25, 0.3) is 0 Å². The lowest BCUT2D eigenvalue weighted by molar-refractivity contribution is -0.153. The topological polar surface area (TPSA) is 21.3 Å². The van der Waals surface area contributed by atoms with Crippen LogP contribution in [0.2, 0.25) is 0 Å². The second-order valence-electron chi connectivity index (χ2n) is 7.01. The zero-order valence-electron chi connectivity index (χ0n) is 11.9. The van der Waals surface area contributed by atoms with Crippen LogP contribution in [-0.2, 0) is 4.74 Å². The standard InChI is InChI=1S/C16H29NO/c1-13-3-7-15(8-4-13)18-16(9-2-10-16)11-12-17-14-5-6-14/h13-15,17H,2-12H2,1H3. The molecule has 0 unspecified atom stereocenters. The number of hydrogen-bond donors (Lipinski definition) is 1. The fourth-order valence-corrected chi connectivity index (χ4v) is 3.49. The summed E-state index contributed by atoms with van der Waals surface area (Å²) in [4.78, 5) is 0. The van der Waals surface area contributed by atoms with Gasteiger partial charge in [-0.25, -0.2) is 0 Å². The molecule has 104 valence electrons. The Bertz CT molecular complexity index is 262.